The molecule has 226 valence electrons. The number of amides is 3. The zero-order valence-corrected chi connectivity index (χ0v) is 22.8. The van der Waals surface area contributed by atoms with Gasteiger partial charge in [0.25, 0.3) is 0 Å². The van der Waals surface area contributed by atoms with Gasteiger partial charge in [0, 0.05) is 31.9 Å². The lowest BCUT2D eigenvalue weighted by Crippen LogP contribution is -2.57. The highest BCUT2D eigenvalue weighted by molar-refractivity contribution is 7.89. The van der Waals surface area contributed by atoms with Gasteiger partial charge in [0.05, 0.1) is 11.8 Å². The third kappa shape index (κ3) is 7.72. The largest absolute Gasteiger partial charge is 0.407 e. The fourth-order valence-electron chi connectivity index (χ4n) is 4.37. The van der Waals surface area contributed by atoms with Gasteiger partial charge in [-0.25, -0.2) is 22.0 Å². The molecule has 1 saturated heterocycles. The van der Waals surface area contributed by atoms with Gasteiger partial charge in [-0.15, -0.1) is 0 Å². The molecule has 1 aliphatic heterocycles. The van der Waals surface area contributed by atoms with Crippen LogP contribution in [0.2, 0.25) is 0 Å². The summed E-state index contributed by atoms with van der Waals surface area (Å²) in [6, 6.07) is 5.24. The minimum atomic E-state index is -4.99. The van der Waals surface area contributed by atoms with Gasteiger partial charge in [-0.05, 0) is 54.8 Å². The van der Waals surface area contributed by atoms with E-state index in [-0.39, 0.29) is 39.0 Å². The summed E-state index contributed by atoms with van der Waals surface area (Å²) < 4.78 is 96.3. The van der Waals surface area contributed by atoms with E-state index in [0.29, 0.717) is 5.69 Å². The molecule has 1 heterocycles. The number of benzene rings is 2. The first-order valence-electron chi connectivity index (χ1n) is 12.8. The maximum atomic E-state index is 14.1. The lowest BCUT2D eigenvalue weighted by molar-refractivity contribution is -0.160. The zero-order valence-electron chi connectivity index (χ0n) is 22.0. The molecule has 0 radical (unpaired) electrons. The molecule has 4 rings (SSSR count). The van der Waals surface area contributed by atoms with Gasteiger partial charge < -0.3 is 15.5 Å². The van der Waals surface area contributed by atoms with Crippen LogP contribution in [0.5, 0.6) is 0 Å². The van der Waals surface area contributed by atoms with Gasteiger partial charge in [0.2, 0.25) is 15.9 Å². The molecule has 2 fully saturated rings. The number of carbonyl (C=O) groups is 2. The predicted octanol–water partition coefficient (Wildman–Crippen LogP) is 2.88. The number of nitrogens with one attached hydrogen (secondary N) is 3. The van der Waals surface area contributed by atoms with Crippen LogP contribution in [0.3, 0.4) is 0 Å². The van der Waals surface area contributed by atoms with Crippen molar-refractivity contribution in [2.75, 3.05) is 37.2 Å². The maximum Gasteiger partial charge on any atom is 0.407 e. The van der Waals surface area contributed by atoms with Crippen molar-refractivity contribution in [3.8, 4) is 6.07 Å². The summed E-state index contributed by atoms with van der Waals surface area (Å²) in [4.78, 5) is 26.9. The van der Waals surface area contributed by atoms with Crippen molar-refractivity contribution in [1.29, 1.82) is 5.26 Å². The smallest absolute Gasteiger partial charge is 0.336 e. The van der Waals surface area contributed by atoms with Crippen LogP contribution >= 0.6 is 0 Å². The van der Waals surface area contributed by atoms with Crippen LogP contribution < -0.4 is 16.0 Å². The summed E-state index contributed by atoms with van der Waals surface area (Å²) in [5, 5.41) is 16.3. The summed E-state index contributed by atoms with van der Waals surface area (Å²) in [6.45, 7) is -0.518. The Labute approximate surface area is 238 Å². The Morgan fingerprint density at radius 2 is 1.50 bits per heavy atom. The zero-order chi connectivity index (χ0) is 30.7. The van der Waals surface area contributed by atoms with E-state index in [0.717, 1.165) is 40.7 Å². The molecule has 1 saturated carbocycles. The van der Waals surface area contributed by atoms with Gasteiger partial charge in [-0.3, -0.25) is 10.1 Å². The first-order chi connectivity index (χ1) is 19.7. The second-order valence-electron chi connectivity index (χ2n) is 10.0. The molecule has 2 atom stereocenters. The van der Waals surface area contributed by atoms with E-state index in [4.69, 9.17) is 0 Å². The molecule has 0 spiro atoms. The Kier molecular flexibility index (Phi) is 9.04. The summed E-state index contributed by atoms with van der Waals surface area (Å²) >= 11 is 0. The van der Waals surface area contributed by atoms with Gasteiger partial charge in [-0.2, -0.15) is 22.7 Å². The van der Waals surface area contributed by atoms with Crippen LogP contribution in [0.15, 0.2) is 48.5 Å². The fourth-order valence-corrected chi connectivity index (χ4v) is 5.97. The molecule has 0 bridgehead atoms. The molecular weight excluding hydrogens is 587 g/mol. The van der Waals surface area contributed by atoms with Gasteiger partial charge in [-0.1, -0.05) is 12.1 Å². The quantitative estimate of drug-likeness (QED) is 0.372. The number of halogens is 5. The molecule has 2 aliphatic rings. The molecule has 10 nitrogen and oxygen atoms in total. The first kappa shape index (κ1) is 31.1. The van der Waals surface area contributed by atoms with Gasteiger partial charge in [0.15, 0.2) is 0 Å². The number of nitriles is 1. The number of hydrogen-bond acceptors (Lipinski definition) is 6. The number of nitrogens with zero attached hydrogens (tertiary/aromatic N) is 3. The van der Waals surface area contributed by atoms with Crippen molar-refractivity contribution in [1.82, 2.24) is 19.8 Å². The molecule has 16 heteroatoms. The number of carbonyl (C=O) groups excluding carboxylic acids is 2. The average molecular weight is 615 g/mol. The number of alkyl halides is 3. The van der Waals surface area contributed by atoms with Crippen molar-refractivity contribution < 1.29 is 40.0 Å². The van der Waals surface area contributed by atoms with Gasteiger partial charge >= 0.3 is 12.2 Å². The van der Waals surface area contributed by atoms with E-state index < -0.39 is 68.7 Å². The molecular formula is C26H27F5N6O4S. The molecule has 42 heavy (non-hydrogen) atoms. The van der Waals surface area contributed by atoms with Crippen LogP contribution in [-0.2, 0) is 14.8 Å². The normalized spacial score (nSPS) is 18.4. The van der Waals surface area contributed by atoms with E-state index in [1.165, 1.54) is 17.0 Å². The van der Waals surface area contributed by atoms with Crippen LogP contribution in [0.25, 0.3) is 0 Å². The number of piperazine rings is 1. The van der Waals surface area contributed by atoms with E-state index in [1.54, 1.807) is 0 Å². The third-order valence-corrected chi connectivity index (χ3v) is 8.84. The van der Waals surface area contributed by atoms with Crippen LogP contribution in [0, 0.1) is 23.0 Å². The van der Waals surface area contributed by atoms with E-state index in [1.807, 2.05) is 6.07 Å². The predicted molar refractivity (Wildman–Crippen MR) is 140 cm³/mol. The topological polar surface area (TPSA) is 135 Å². The third-order valence-electron chi connectivity index (χ3n) is 6.93. The second-order valence-corrected chi connectivity index (χ2v) is 12.0. The minimum Gasteiger partial charge on any atom is -0.336 e. The standard InChI is InChI=1S/C26H27F5N6O4S/c27-18-3-1-17(2-4-18)22(26(29,30)31)34-21(23(38)35-25(16-32)9-10-25)15-42(40,41)37-13-11-36(12-14-37)24(39)33-20-7-5-19(28)6-8-20/h1-8,21-22,34H,9-15H2,(H,33,39)(H,35,38)/t21-,22-/m0/s1. The van der Waals surface area contributed by atoms with Crippen molar-refractivity contribution in [2.24, 2.45) is 0 Å². The van der Waals surface area contributed by atoms with Crippen LogP contribution in [0.4, 0.5) is 32.4 Å². The fraction of sp³-hybridized carbons (Fsp3) is 0.423. The van der Waals surface area contributed by atoms with Crippen molar-refractivity contribution >= 4 is 27.6 Å². The number of hydrogen-bond donors (Lipinski definition) is 3. The van der Waals surface area contributed by atoms with Crippen molar-refractivity contribution in [2.45, 2.75) is 36.6 Å². The molecule has 3 N–H and O–H groups in total. The van der Waals surface area contributed by atoms with Crippen LogP contribution in [-0.4, -0.2) is 79.3 Å². The Hall–Kier alpha value is -3.81. The lowest BCUT2D eigenvalue weighted by Gasteiger charge is -2.35. The minimum absolute atomic E-state index is 0.0607. The molecule has 1 aliphatic carbocycles. The Morgan fingerprint density at radius 1 is 0.952 bits per heavy atom. The number of anilines is 1. The SMILES string of the molecule is N#CC1(NC(=O)[C@H](CS(=O)(=O)N2CCN(C(=O)Nc3ccc(F)cc3)CC2)N[C@@H](c2ccc(F)cc2)C(F)(F)F)CC1. The van der Waals surface area contributed by atoms with Crippen LogP contribution in [0.1, 0.15) is 24.4 Å². The molecule has 0 aromatic heterocycles. The second kappa shape index (κ2) is 12.2. The molecule has 3 amide bonds. The van der Waals surface area contributed by atoms with E-state index in [2.05, 4.69) is 16.0 Å². The Bertz CT molecular complexity index is 1440. The Morgan fingerprint density at radius 3 is 2.00 bits per heavy atom. The number of sulfonamides is 1. The van der Waals surface area contributed by atoms with Crippen molar-refractivity contribution in [3.05, 3.63) is 65.7 Å². The summed E-state index contributed by atoms with van der Waals surface area (Å²) in [6.07, 6.45) is -4.47. The molecule has 2 aromatic carbocycles. The summed E-state index contributed by atoms with van der Waals surface area (Å²) in [5.41, 5.74) is -1.41. The monoisotopic (exact) mass is 614 g/mol. The van der Waals surface area contributed by atoms with Gasteiger partial charge in [0.1, 0.15) is 29.3 Å². The lowest BCUT2D eigenvalue weighted by atomic mass is 10.0. The maximum absolute atomic E-state index is 14.1. The summed E-state index contributed by atoms with van der Waals surface area (Å²) in [7, 11) is -4.36. The highest BCUT2D eigenvalue weighted by Crippen LogP contribution is 2.36. The highest BCUT2D eigenvalue weighted by Gasteiger charge is 2.48. The van der Waals surface area contributed by atoms with E-state index >= 15 is 0 Å². The molecule has 0 unspecified atom stereocenters. The number of urea groups is 1. The van der Waals surface area contributed by atoms with E-state index in [9.17, 15) is 45.2 Å². The summed E-state index contributed by atoms with van der Waals surface area (Å²) in [5.74, 6) is -3.46. The number of rotatable bonds is 9. The molecule has 2 aromatic rings. The highest BCUT2D eigenvalue weighted by atomic mass is 32.2. The first-order valence-corrected chi connectivity index (χ1v) is 14.4. The van der Waals surface area contributed by atoms with Crippen molar-refractivity contribution in [3.63, 3.8) is 0 Å². The Balaban J connectivity index is 1.47. The average Bonchev–Trinajstić information content (AvgIpc) is 3.72.